The van der Waals surface area contributed by atoms with Crippen LogP contribution in [0.4, 0.5) is 5.82 Å². The fourth-order valence-corrected chi connectivity index (χ4v) is 4.41. The van der Waals surface area contributed by atoms with Crippen molar-refractivity contribution in [2.75, 3.05) is 18.4 Å². The molecular formula is C19H20N4O2S. The van der Waals surface area contributed by atoms with E-state index in [-0.39, 0.29) is 6.04 Å². The molecule has 1 aliphatic heterocycles. The summed E-state index contributed by atoms with van der Waals surface area (Å²) in [6.45, 7) is 1.47. The van der Waals surface area contributed by atoms with E-state index >= 15 is 0 Å². The highest BCUT2D eigenvalue weighted by atomic mass is 32.1. The van der Waals surface area contributed by atoms with Crippen LogP contribution in [0.5, 0.6) is 0 Å². The molecule has 0 aliphatic carbocycles. The molecule has 4 rings (SSSR count). The van der Waals surface area contributed by atoms with Crippen molar-refractivity contribution in [2.45, 2.75) is 18.6 Å². The van der Waals surface area contributed by atoms with Gasteiger partial charge >= 0.3 is 0 Å². The number of nitrogens with two attached hydrogens (primary N) is 1. The Bertz CT molecular complexity index is 941. The second kappa shape index (κ2) is 7.03. The minimum atomic E-state index is -0.491. The zero-order valence-corrected chi connectivity index (χ0v) is 14.9. The number of thiophene rings is 1. The quantitative estimate of drug-likeness (QED) is 0.566. The third kappa shape index (κ3) is 3.16. The zero-order valence-electron chi connectivity index (χ0n) is 14.1. The number of anilines is 1. The summed E-state index contributed by atoms with van der Waals surface area (Å²) in [6, 6.07) is 11.9. The number of aliphatic hydroxyl groups is 1. The highest BCUT2D eigenvalue weighted by Crippen LogP contribution is 2.38. The lowest BCUT2D eigenvalue weighted by atomic mass is 10.0. The van der Waals surface area contributed by atoms with Crippen molar-refractivity contribution in [3.8, 4) is 10.4 Å². The number of hydrogen-bond acceptors (Lipinski definition) is 6. The van der Waals surface area contributed by atoms with E-state index in [1.54, 1.807) is 0 Å². The molecule has 1 amide bonds. The largest absolute Gasteiger partial charge is 0.391 e. The molecule has 1 saturated heterocycles. The standard InChI is InChI=1S/C19H20N4O2S/c20-18(25)13-9-22-19(23-14-10-21-7-6-15(14)24)12-8-16(26-17(12)13)11-4-2-1-3-5-11/h1-5,8-9,14-15,21,24H,6-7,10H2,(H2,20,25)(H,22,23). The van der Waals surface area contributed by atoms with Crippen LogP contribution in [0.25, 0.3) is 20.5 Å². The maximum absolute atomic E-state index is 11.8. The molecule has 2 unspecified atom stereocenters. The van der Waals surface area contributed by atoms with Gasteiger partial charge in [-0.15, -0.1) is 11.3 Å². The molecule has 1 aliphatic rings. The number of aliphatic hydroxyl groups excluding tert-OH is 1. The van der Waals surface area contributed by atoms with Gasteiger partial charge in [0, 0.05) is 23.0 Å². The Morgan fingerprint density at radius 2 is 2.15 bits per heavy atom. The SMILES string of the molecule is NC(=O)c1cnc(NC2CNCCC2O)c2cc(-c3ccccc3)sc12. The Kier molecular flexibility index (Phi) is 4.58. The van der Waals surface area contributed by atoms with Gasteiger partial charge in [-0.25, -0.2) is 4.98 Å². The molecule has 0 bridgehead atoms. The first kappa shape index (κ1) is 17.0. The van der Waals surface area contributed by atoms with Crippen LogP contribution in [0, 0.1) is 0 Å². The lowest BCUT2D eigenvalue weighted by Gasteiger charge is -2.29. The Hall–Kier alpha value is -2.48. The molecule has 0 spiro atoms. The molecule has 134 valence electrons. The van der Waals surface area contributed by atoms with Gasteiger partial charge in [0.05, 0.1) is 22.4 Å². The molecule has 3 heterocycles. The normalized spacial score (nSPS) is 20.2. The van der Waals surface area contributed by atoms with Crippen LogP contribution in [0.2, 0.25) is 0 Å². The van der Waals surface area contributed by atoms with Crippen molar-refractivity contribution in [1.29, 1.82) is 0 Å². The van der Waals surface area contributed by atoms with Crippen molar-refractivity contribution in [3.63, 3.8) is 0 Å². The molecule has 2 aromatic heterocycles. The Balaban J connectivity index is 1.79. The van der Waals surface area contributed by atoms with E-state index in [1.165, 1.54) is 17.5 Å². The summed E-state index contributed by atoms with van der Waals surface area (Å²) in [4.78, 5) is 17.3. The Labute approximate surface area is 155 Å². The van der Waals surface area contributed by atoms with Gasteiger partial charge in [-0.3, -0.25) is 4.79 Å². The number of nitrogens with zero attached hydrogens (tertiary/aromatic N) is 1. The van der Waals surface area contributed by atoms with Crippen molar-refractivity contribution in [1.82, 2.24) is 10.3 Å². The van der Waals surface area contributed by atoms with Gasteiger partial charge in [0.1, 0.15) is 5.82 Å². The highest BCUT2D eigenvalue weighted by Gasteiger charge is 2.24. The predicted molar refractivity (Wildman–Crippen MR) is 104 cm³/mol. The van der Waals surface area contributed by atoms with E-state index in [1.807, 2.05) is 36.4 Å². The van der Waals surface area contributed by atoms with Crippen LogP contribution in [-0.2, 0) is 0 Å². The maximum Gasteiger partial charge on any atom is 0.251 e. The summed E-state index contributed by atoms with van der Waals surface area (Å²) >= 11 is 1.52. The second-order valence-corrected chi connectivity index (χ2v) is 7.47. The molecule has 3 aromatic rings. The van der Waals surface area contributed by atoms with E-state index in [0.29, 0.717) is 24.3 Å². The molecule has 6 nitrogen and oxygen atoms in total. The van der Waals surface area contributed by atoms with E-state index in [2.05, 4.69) is 15.6 Å². The molecule has 1 fully saturated rings. The third-order valence-corrected chi connectivity index (χ3v) is 5.86. The van der Waals surface area contributed by atoms with Gasteiger partial charge < -0.3 is 21.5 Å². The first-order valence-corrected chi connectivity index (χ1v) is 9.38. The van der Waals surface area contributed by atoms with Crippen LogP contribution in [0.1, 0.15) is 16.8 Å². The topological polar surface area (TPSA) is 100 Å². The zero-order chi connectivity index (χ0) is 18.1. The third-order valence-electron chi connectivity index (χ3n) is 4.65. The summed E-state index contributed by atoms with van der Waals surface area (Å²) in [6.07, 6.45) is 1.77. The van der Waals surface area contributed by atoms with E-state index < -0.39 is 12.0 Å². The summed E-state index contributed by atoms with van der Waals surface area (Å²) in [5, 5.41) is 17.7. The number of benzene rings is 1. The highest BCUT2D eigenvalue weighted by molar-refractivity contribution is 7.22. The van der Waals surface area contributed by atoms with Crippen molar-refractivity contribution in [3.05, 3.63) is 48.2 Å². The van der Waals surface area contributed by atoms with Gasteiger partial charge in [-0.2, -0.15) is 0 Å². The lowest BCUT2D eigenvalue weighted by Crippen LogP contribution is -2.48. The molecule has 7 heteroatoms. The van der Waals surface area contributed by atoms with Crippen molar-refractivity contribution >= 4 is 33.1 Å². The van der Waals surface area contributed by atoms with E-state index in [9.17, 15) is 9.90 Å². The number of rotatable bonds is 4. The Morgan fingerprint density at radius 1 is 1.35 bits per heavy atom. The number of nitrogens with one attached hydrogen (secondary N) is 2. The number of fused-ring (bicyclic) bond motifs is 1. The van der Waals surface area contributed by atoms with Crippen molar-refractivity contribution < 1.29 is 9.90 Å². The fraction of sp³-hybridized carbons (Fsp3) is 0.263. The maximum atomic E-state index is 11.8. The summed E-state index contributed by atoms with van der Waals surface area (Å²) in [5.41, 5.74) is 7.04. The minimum Gasteiger partial charge on any atom is -0.391 e. The number of amides is 1. The minimum absolute atomic E-state index is 0.126. The van der Waals surface area contributed by atoms with Crippen LogP contribution in [0.3, 0.4) is 0 Å². The van der Waals surface area contributed by atoms with Crippen LogP contribution in [-0.4, -0.2) is 41.2 Å². The molecular weight excluding hydrogens is 348 g/mol. The predicted octanol–water partition coefficient (Wildman–Crippen LogP) is 2.20. The molecule has 0 saturated carbocycles. The summed E-state index contributed by atoms with van der Waals surface area (Å²) < 4.78 is 0.812. The first-order valence-electron chi connectivity index (χ1n) is 8.56. The van der Waals surface area contributed by atoms with Gasteiger partial charge in [-0.05, 0) is 24.6 Å². The van der Waals surface area contributed by atoms with E-state index in [4.69, 9.17) is 5.73 Å². The van der Waals surface area contributed by atoms with Gasteiger partial charge in [0.25, 0.3) is 5.91 Å². The number of primary amides is 1. The first-order chi connectivity index (χ1) is 12.6. The average Bonchev–Trinajstić information content (AvgIpc) is 3.10. The monoisotopic (exact) mass is 368 g/mol. The second-order valence-electron chi connectivity index (χ2n) is 6.42. The summed E-state index contributed by atoms with van der Waals surface area (Å²) in [5.74, 6) is 0.172. The number of piperidine rings is 1. The van der Waals surface area contributed by atoms with Crippen LogP contribution in [0.15, 0.2) is 42.6 Å². The number of hydrogen-bond donors (Lipinski definition) is 4. The summed E-state index contributed by atoms with van der Waals surface area (Å²) in [7, 11) is 0. The number of pyridine rings is 1. The van der Waals surface area contributed by atoms with Crippen molar-refractivity contribution in [2.24, 2.45) is 5.73 Å². The average molecular weight is 368 g/mol. The molecule has 2 atom stereocenters. The molecule has 1 aromatic carbocycles. The lowest BCUT2D eigenvalue weighted by molar-refractivity contribution is 0.100. The number of aromatic nitrogens is 1. The molecule has 26 heavy (non-hydrogen) atoms. The smallest absolute Gasteiger partial charge is 0.251 e. The number of carbonyl (C=O) groups excluding carboxylic acids is 1. The Morgan fingerprint density at radius 3 is 2.88 bits per heavy atom. The van der Waals surface area contributed by atoms with Crippen LogP contribution >= 0.6 is 11.3 Å². The fourth-order valence-electron chi connectivity index (χ4n) is 3.23. The number of carbonyl (C=O) groups is 1. The molecule has 5 N–H and O–H groups in total. The van der Waals surface area contributed by atoms with Gasteiger partial charge in [0.15, 0.2) is 0 Å². The van der Waals surface area contributed by atoms with Crippen LogP contribution < -0.4 is 16.4 Å². The van der Waals surface area contributed by atoms with E-state index in [0.717, 1.165) is 27.1 Å². The van der Waals surface area contributed by atoms with Gasteiger partial charge in [0.2, 0.25) is 0 Å². The van der Waals surface area contributed by atoms with Gasteiger partial charge in [-0.1, -0.05) is 30.3 Å². The molecule has 0 radical (unpaired) electrons.